The number of nitrogens with zero attached hydrogens (tertiary/aromatic N) is 1. The molecule has 0 saturated carbocycles. The first kappa shape index (κ1) is 17.8. The molecule has 0 spiro atoms. The first-order chi connectivity index (χ1) is 12.1. The molecule has 0 radical (unpaired) electrons. The van der Waals surface area contributed by atoms with Crippen LogP contribution in [0.1, 0.15) is 22.8 Å². The number of ketones is 1. The van der Waals surface area contributed by atoms with Gasteiger partial charge < -0.3 is 14.5 Å². The van der Waals surface area contributed by atoms with Crippen LogP contribution in [0.3, 0.4) is 0 Å². The average Bonchev–Trinajstić information content (AvgIpc) is 2.63. The van der Waals surface area contributed by atoms with Crippen LogP contribution in [0.25, 0.3) is 0 Å². The fourth-order valence-electron chi connectivity index (χ4n) is 3.32. The molecule has 0 unspecified atom stereocenters. The molecule has 0 aromatic heterocycles. The third-order valence-corrected chi connectivity index (χ3v) is 5.03. The van der Waals surface area contributed by atoms with Gasteiger partial charge in [-0.2, -0.15) is 0 Å². The van der Waals surface area contributed by atoms with Crippen LogP contribution < -0.4 is 14.5 Å². The summed E-state index contributed by atoms with van der Waals surface area (Å²) in [5, 5.41) is 0.749. The van der Waals surface area contributed by atoms with Crippen molar-refractivity contribution in [3.63, 3.8) is 0 Å². The Bertz CT molecular complexity index is 738. The van der Waals surface area contributed by atoms with Gasteiger partial charge >= 0.3 is 0 Å². The Kier molecular flexibility index (Phi) is 5.61. The zero-order valence-corrected chi connectivity index (χ0v) is 15.5. The monoisotopic (exact) mass is 359 g/mol. The second-order valence-electron chi connectivity index (χ2n) is 6.47. The highest BCUT2D eigenvalue weighted by molar-refractivity contribution is 6.30. The van der Waals surface area contributed by atoms with Crippen molar-refractivity contribution in [3.8, 4) is 5.75 Å². The van der Waals surface area contributed by atoms with Gasteiger partial charge in [0.2, 0.25) is 0 Å². The van der Waals surface area contributed by atoms with Crippen LogP contribution in [0, 0.1) is 0 Å². The Morgan fingerprint density at radius 2 is 1.84 bits per heavy atom. The van der Waals surface area contributed by atoms with E-state index in [2.05, 4.69) is 4.90 Å². The lowest BCUT2D eigenvalue weighted by atomic mass is 10.1. The number of nitrogens with one attached hydrogen (secondary N) is 1. The summed E-state index contributed by atoms with van der Waals surface area (Å²) in [7, 11) is 1.70. The molecule has 0 bridgehead atoms. The van der Waals surface area contributed by atoms with Crippen LogP contribution in [-0.4, -0.2) is 39.1 Å². The molecule has 1 aliphatic heterocycles. The van der Waals surface area contributed by atoms with Gasteiger partial charge in [-0.1, -0.05) is 11.6 Å². The van der Waals surface area contributed by atoms with Crippen LogP contribution in [-0.2, 0) is 6.54 Å². The molecule has 4 nitrogen and oxygen atoms in total. The maximum absolute atomic E-state index is 11.4. The number of Topliss-reactive ketones (excluding diaryl/α,β-unsaturated/α-hetero) is 1. The highest BCUT2D eigenvalue weighted by Gasteiger charge is 2.21. The molecule has 0 atom stereocenters. The molecule has 1 heterocycles. The van der Waals surface area contributed by atoms with E-state index in [1.807, 2.05) is 42.5 Å². The van der Waals surface area contributed by atoms with Crippen molar-refractivity contribution in [2.24, 2.45) is 0 Å². The smallest absolute Gasteiger partial charge is 0.159 e. The quantitative estimate of drug-likeness (QED) is 0.833. The predicted octanol–water partition coefficient (Wildman–Crippen LogP) is 2.46. The molecular weight excluding hydrogens is 336 g/mol. The number of anilines is 1. The number of carbonyl (C=O) groups is 1. The third kappa shape index (κ3) is 4.33. The lowest BCUT2D eigenvalue weighted by Gasteiger charge is -2.34. The van der Waals surface area contributed by atoms with Crippen molar-refractivity contribution in [1.29, 1.82) is 0 Å². The molecular formula is C20H24ClN2O2+. The minimum atomic E-state index is 0.108. The normalized spacial score (nSPS) is 15.2. The molecule has 1 aliphatic rings. The Morgan fingerprint density at radius 1 is 1.16 bits per heavy atom. The molecule has 2 aromatic rings. The fraction of sp³-hybridized carbons (Fsp3) is 0.350. The van der Waals surface area contributed by atoms with E-state index in [-0.39, 0.29) is 5.78 Å². The summed E-state index contributed by atoms with van der Waals surface area (Å²) in [4.78, 5) is 15.3. The molecule has 132 valence electrons. The molecule has 1 N–H and O–H groups in total. The number of quaternary nitrogens is 1. The second kappa shape index (κ2) is 7.89. The summed E-state index contributed by atoms with van der Waals surface area (Å²) < 4.78 is 5.45. The predicted molar refractivity (Wildman–Crippen MR) is 101 cm³/mol. The van der Waals surface area contributed by atoms with E-state index in [0.717, 1.165) is 54.6 Å². The van der Waals surface area contributed by atoms with Gasteiger partial charge in [-0.25, -0.2) is 0 Å². The number of carbonyl (C=O) groups excluding carboxylic acids is 1. The molecule has 0 aliphatic carbocycles. The Balaban J connectivity index is 1.60. The van der Waals surface area contributed by atoms with Crippen LogP contribution >= 0.6 is 11.6 Å². The van der Waals surface area contributed by atoms with Gasteiger partial charge in [0.25, 0.3) is 0 Å². The van der Waals surface area contributed by atoms with Crippen molar-refractivity contribution in [2.75, 3.05) is 38.2 Å². The summed E-state index contributed by atoms with van der Waals surface area (Å²) >= 11 is 6.13. The lowest BCUT2D eigenvalue weighted by Crippen LogP contribution is -3.13. The zero-order chi connectivity index (χ0) is 17.8. The Labute approximate surface area is 154 Å². The highest BCUT2D eigenvalue weighted by Crippen LogP contribution is 2.22. The number of hydrogen-bond donors (Lipinski definition) is 1. The first-order valence-corrected chi connectivity index (χ1v) is 8.96. The minimum Gasteiger partial charge on any atom is -0.496 e. The van der Waals surface area contributed by atoms with Gasteiger partial charge in [-0.15, -0.1) is 0 Å². The zero-order valence-electron chi connectivity index (χ0n) is 14.7. The number of rotatable bonds is 5. The van der Waals surface area contributed by atoms with Gasteiger partial charge in [0.05, 0.1) is 33.3 Å². The maximum Gasteiger partial charge on any atom is 0.159 e. The van der Waals surface area contributed by atoms with E-state index < -0.39 is 0 Å². The lowest BCUT2D eigenvalue weighted by molar-refractivity contribution is -0.914. The van der Waals surface area contributed by atoms with Crippen molar-refractivity contribution in [3.05, 3.63) is 58.6 Å². The van der Waals surface area contributed by atoms with Gasteiger partial charge in [0.15, 0.2) is 5.78 Å². The topological polar surface area (TPSA) is 34.0 Å². The number of benzene rings is 2. The molecule has 5 heteroatoms. The minimum absolute atomic E-state index is 0.108. The van der Waals surface area contributed by atoms with E-state index in [1.165, 1.54) is 10.6 Å². The molecule has 1 saturated heterocycles. The van der Waals surface area contributed by atoms with E-state index >= 15 is 0 Å². The van der Waals surface area contributed by atoms with Crippen molar-refractivity contribution in [2.45, 2.75) is 13.5 Å². The summed E-state index contributed by atoms with van der Waals surface area (Å²) in [5.74, 6) is 1.01. The van der Waals surface area contributed by atoms with Gasteiger partial charge in [0, 0.05) is 21.8 Å². The summed E-state index contributed by atoms with van der Waals surface area (Å²) in [6.45, 7) is 6.63. The Morgan fingerprint density at radius 3 is 2.44 bits per heavy atom. The van der Waals surface area contributed by atoms with Crippen LogP contribution in [0.2, 0.25) is 5.02 Å². The van der Waals surface area contributed by atoms with E-state index in [9.17, 15) is 4.79 Å². The standard InChI is InChI=1S/C20H23ClN2O2/c1-15(24)16-3-6-19(7-4-16)23-11-9-22(10-12-23)14-17-13-18(21)5-8-20(17)25-2/h3-8,13H,9-12,14H2,1-2H3/p+1. The molecule has 25 heavy (non-hydrogen) atoms. The number of hydrogen-bond acceptors (Lipinski definition) is 3. The van der Waals surface area contributed by atoms with Gasteiger partial charge in [-0.05, 0) is 49.4 Å². The van der Waals surface area contributed by atoms with Crippen LogP contribution in [0.5, 0.6) is 5.75 Å². The van der Waals surface area contributed by atoms with Crippen molar-refractivity contribution in [1.82, 2.24) is 0 Å². The van der Waals surface area contributed by atoms with Crippen LogP contribution in [0.4, 0.5) is 5.69 Å². The molecule has 3 rings (SSSR count). The van der Waals surface area contributed by atoms with Gasteiger partial charge in [0.1, 0.15) is 12.3 Å². The average molecular weight is 360 g/mol. The summed E-state index contributed by atoms with van der Waals surface area (Å²) in [5.41, 5.74) is 3.11. The summed E-state index contributed by atoms with van der Waals surface area (Å²) in [6.07, 6.45) is 0. The largest absolute Gasteiger partial charge is 0.496 e. The van der Waals surface area contributed by atoms with Crippen molar-refractivity contribution < 1.29 is 14.4 Å². The number of halogens is 1. The third-order valence-electron chi connectivity index (χ3n) is 4.79. The maximum atomic E-state index is 11.4. The second-order valence-corrected chi connectivity index (χ2v) is 6.91. The van der Waals surface area contributed by atoms with E-state index in [4.69, 9.17) is 16.3 Å². The van der Waals surface area contributed by atoms with E-state index in [1.54, 1.807) is 14.0 Å². The molecule has 2 aromatic carbocycles. The molecule has 0 amide bonds. The first-order valence-electron chi connectivity index (χ1n) is 8.59. The SMILES string of the molecule is COc1ccc(Cl)cc1C[NH+]1CCN(c2ccc(C(C)=O)cc2)CC1. The number of piperazine rings is 1. The van der Waals surface area contributed by atoms with Crippen LogP contribution in [0.15, 0.2) is 42.5 Å². The number of methoxy groups -OCH3 is 1. The van der Waals surface area contributed by atoms with E-state index in [0.29, 0.717) is 0 Å². The summed E-state index contributed by atoms with van der Waals surface area (Å²) in [6, 6.07) is 13.7. The number of ether oxygens (including phenoxy) is 1. The Hall–Kier alpha value is -2.04. The molecule has 1 fully saturated rings. The van der Waals surface area contributed by atoms with Gasteiger partial charge in [-0.3, -0.25) is 4.79 Å². The fourth-order valence-corrected chi connectivity index (χ4v) is 3.51. The van der Waals surface area contributed by atoms with Crippen molar-refractivity contribution >= 4 is 23.1 Å². The highest BCUT2D eigenvalue weighted by atomic mass is 35.5.